The predicted molar refractivity (Wildman–Crippen MR) is 104 cm³/mol. The van der Waals surface area contributed by atoms with Crippen molar-refractivity contribution in [3.8, 4) is 6.07 Å². The zero-order chi connectivity index (χ0) is 20.3. The van der Waals surface area contributed by atoms with Crippen molar-refractivity contribution in [3.63, 3.8) is 0 Å². The summed E-state index contributed by atoms with van der Waals surface area (Å²) in [6.07, 6.45) is 0. The molecule has 0 radical (unpaired) electrons. The molecule has 2 aromatic carbocycles. The number of carbonyl (C=O) groups is 1. The maximum absolute atomic E-state index is 12.8. The van der Waals surface area contributed by atoms with Crippen molar-refractivity contribution < 1.29 is 17.9 Å². The molecule has 1 saturated heterocycles. The average molecular weight is 399 g/mol. The Bertz CT molecular complexity index is 1040. The molecule has 0 aliphatic carbocycles. The van der Waals surface area contributed by atoms with Crippen molar-refractivity contribution in [1.82, 2.24) is 4.90 Å². The normalized spacial score (nSPS) is 17.0. The number of hydrogen-bond acceptors (Lipinski definition) is 5. The van der Waals surface area contributed by atoms with Crippen molar-refractivity contribution in [2.24, 2.45) is 0 Å². The fourth-order valence-electron chi connectivity index (χ4n) is 3.04. The number of anilines is 1. The molecule has 146 valence electrons. The van der Waals surface area contributed by atoms with Crippen molar-refractivity contribution >= 4 is 21.6 Å². The lowest BCUT2D eigenvalue weighted by atomic mass is 10.1. The zero-order valence-electron chi connectivity index (χ0n) is 15.7. The number of amides is 1. The maximum Gasteiger partial charge on any atom is 0.262 e. The Balaban J connectivity index is 1.86. The first-order chi connectivity index (χ1) is 13.3. The van der Waals surface area contributed by atoms with Crippen molar-refractivity contribution in [2.75, 3.05) is 24.5 Å². The quantitative estimate of drug-likeness (QED) is 0.851. The summed E-state index contributed by atoms with van der Waals surface area (Å²) in [4.78, 5) is 14.4. The second-order valence-corrected chi connectivity index (χ2v) is 8.32. The molecule has 8 heteroatoms. The van der Waals surface area contributed by atoms with Gasteiger partial charge >= 0.3 is 0 Å². The van der Waals surface area contributed by atoms with Gasteiger partial charge in [-0.2, -0.15) is 5.26 Å². The van der Waals surface area contributed by atoms with Crippen LogP contribution in [-0.2, 0) is 14.8 Å². The molecule has 1 aliphatic rings. The highest BCUT2D eigenvalue weighted by Crippen LogP contribution is 2.22. The van der Waals surface area contributed by atoms with Gasteiger partial charge in [0.05, 0.1) is 24.2 Å². The second-order valence-electron chi connectivity index (χ2n) is 6.67. The fourth-order valence-corrected chi connectivity index (χ4v) is 4.42. The van der Waals surface area contributed by atoms with Gasteiger partial charge in [0.1, 0.15) is 6.04 Å². The van der Waals surface area contributed by atoms with E-state index < -0.39 is 16.1 Å². The topological polar surface area (TPSA) is 99.5 Å². The van der Waals surface area contributed by atoms with Crippen LogP contribution in [0.25, 0.3) is 0 Å². The standard InChI is InChI=1S/C20H21N3O4S/c1-14-6-7-15(2)19(10-14)28(25,26)22-17-5-3-4-16(11-17)20(24)23-8-9-27-13-18(23)12-21/h3-7,10-11,18,22H,8-9,13H2,1-2H3. The number of nitriles is 1. The van der Waals surface area contributed by atoms with Crippen LogP contribution in [-0.4, -0.2) is 45.0 Å². The summed E-state index contributed by atoms with van der Waals surface area (Å²) in [5, 5.41) is 9.22. The van der Waals surface area contributed by atoms with E-state index >= 15 is 0 Å². The highest BCUT2D eigenvalue weighted by molar-refractivity contribution is 7.92. The molecule has 1 aliphatic heterocycles. The van der Waals surface area contributed by atoms with Crippen molar-refractivity contribution in [3.05, 3.63) is 59.2 Å². The number of carbonyl (C=O) groups excluding carboxylic acids is 1. The van der Waals surface area contributed by atoms with Crippen LogP contribution in [0.2, 0.25) is 0 Å². The Hall–Kier alpha value is -2.89. The lowest BCUT2D eigenvalue weighted by Gasteiger charge is -2.31. The molecule has 1 atom stereocenters. The first-order valence-corrected chi connectivity index (χ1v) is 10.3. The Labute approximate surface area is 164 Å². The van der Waals surface area contributed by atoms with E-state index in [1.165, 1.54) is 11.0 Å². The fraction of sp³-hybridized carbons (Fsp3) is 0.300. The molecule has 3 rings (SSSR count). The van der Waals surface area contributed by atoms with Gasteiger partial charge in [-0.15, -0.1) is 0 Å². The SMILES string of the molecule is Cc1ccc(C)c(S(=O)(=O)Nc2cccc(C(=O)N3CCOCC3C#N)c2)c1. The summed E-state index contributed by atoms with van der Waals surface area (Å²) in [6.45, 7) is 4.40. The largest absolute Gasteiger partial charge is 0.376 e. The molecule has 1 N–H and O–H groups in total. The van der Waals surface area contributed by atoms with Crippen molar-refractivity contribution in [1.29, 1.82) is 5.26 Å². The molecule has 28 heavy (non-hydrogen) atoms. The van der Waals surface area contributed by atoms with E-state index in [0.717, 1.165) is 5.56 Å². The minimum absolute atomic E-state index is 0.168. The van der Waals surface area contributed by atoms with E-state index in [-0.39, 0.29) is 23.1 Å². The van der Waals surface area contributed by atoms with Crippen LogP contribution in [0.1, 0.15) is 21.5 Å². The number of benzene rings is 2. The predicted octanol–water partition coefficient (Wildman–Crippen LogP) is 2.47. The van der Waals surface area contributed by atoms with E-state index in [9.17, 15) is 18.5 Å². The van der Waals surface area contributed by atoms with Crippen molar-refractivity contribution in [2.45, 2.75) is 24.8 Å². The van der Waals surface area contributed by atoms with E-state index in [1.54, 1.807) is 37.3 Å². The average Bonchev–Trinajstić information content (AvgIpc) is 2.69. The molecule has 0 bridgehead atoms. The van der Waals surface area contributed by atoms with Gasteiger partial charge < -0.3 is 9.64 Å². The van der Waals surface area contributed by atoms with Crippen LogP contribution in [0.15, 0.2) is 47.4 Å². The molecule has 2 aromatic rings. The number of sulfonamides is 1. The second kappa shape index (κ2) is 8.00. The van der Waals surface area contributed by atoms with Gasteiger partial charge in [-0.1, -0.05) is 18.2 Å². The summed E-state index contributed by atoms with van der Waals surface area (Å²) < 4.78 is 33.4. The minimum atomic E-state index is -3.80. The van der Waals surface area contributed by atoms with Crippen LogP contribution in [0.3, 0.4) is 0 Å². The van der Waals surface area contributed by atoms with Crippen LogP contribution >= 0.6 is 0 Å². The number of hydrogen-bond donors (Lipinski definition) is 1. The molecule has 7 nitrogen and oxygen atoms in total. The smallest absolute Gasteiger partial charge is 0.262 e. The van der Waals surface area contributed by atoms with Gasteiger partial charge in [-0.05, 0) is 49.2 Å². The summed E-state index contributed by atoms with van der Waals surface area (Å²) in [6, 6.07) is 12.9. The molecular formula is C20H21N3O4S. The first-order valence-electron chi connectivity index (χ1n) is 8.80. The van der Waals surface area contributed by atoms with Gasteiger partial charge in [-0.25, -0.2) is 8.42 Å². The number of rotatable bonds is 4. The Morgan fingerprint density at radius 3 is 2.79 bits per heavy atom. The molecule has 1 heterocycles. The molecule has 1 fully saturated rings. The number of ether oxygens (including phenoxy) is 1. The van der Waals surface area contributed by atoms with Crippen LogP contribution in [0.4, 0.5) is 5.69 Å². The molecule has 0 saturated carbocycles. The third-order valence-corrected chi connectivity index (χ3v) is 6.06. The maximum atomic E-state index is 12.8. The lowest BCUT2D eigenvalue weighted by molar-refractivity contribution is 0.0132. The van der Waals surface area contributed by atoms with E-state index in [1.807, 2.05) is 13.0 Å². The van der Waals surface area contributed by atoms with Gasteiger partial charge in [-0.3, -0.25) is 9.52 Å². The Kier molecular flexibility index (Phi) is 5.68. The summed E-state index contributed by atoms with van der Waals surface area (Å²) in [5.41, 5.74) is 2.07. The molecular weight excluding hydrogens is 378 g/mol. The van der Waals surface area contributed by atoms with E-state index in [4.69, 9.17) is 4.74 Å². The number of morpholine rings is 1. The molecule has 0 spiro atoms. The van der Waals surface area contributed by atoms with E-state index in [2.05, 4.69) is 10.8 Å². The highest BCUT2D eigenvalue weighted by Gasteiger charge is 2.28. The third kappa shape index (κ3) is 4.16. The number of nitrogens with zero attached hydrogens (tertiary/aromatic N) is 2. The monoisotopic (exact) mass is 399 g/mol. The summed E-state index contributed by atoms with van der Waals surface area (Å²) >= 11 is 0. The molecule has 0 aromatic heterocycles. The number of aryl methyl sites for hydroxylation is 2. The van der Waals surface area contributed by atoms with Crippen LogP contribution < -0.4 is 4.72 Å². The Morgan fingerprint density at radius 2 is 2.04 bits per heavy atom. The lowest BCUT2D eigenvalue weighted by Crippen LogP contribution is -2.47. The minimum Gasteiger partial charge on any atom is -0.376 e. The van der Waals surface area contributed by atoms with Gasteiger partial charge in [0.25, 0.3) is 15.9 Å². The first kappa shape index (κ1) is 19.9. The van der Waals surface area contributed by atoms with E-state index in [0.29, 0.717) is 24.3 Å². The highest BCUT2D eigenvalue weighted by atomic mass is 32.2. The Morgan fingerprint density at radius 1 is 1.25 bits per heavy atom. The van der Waals surface area contributed by atoms with Gasteiger partial charge in [0.2, 0.25) is 0 Å². The third-order valence-electron chi connectivity index (χ3n) is 4.53. The van der Waals surface area contributed by atoms with Crippen LogP contribution in [0, 0.1) is 25.2 Å². The molecule has 1 amide bonds. The molecule has 1 unspecified atom stereocenters. The zero-order valence-corrected chi connectivity index (χ0v) is 16.5. The number of nitrogens with one attached hydrogen (secondary N) is 1. The van der Waals surface area contributed by atoms with Gasteiger partial charge in [0.15, 0.2) is 0 Å². The van der Waals surface area contributed by atoms with Crippen LogP contribution in [0.5, 0.6) is 0 Å². The van der Waals surface area contributed by atoms with Gasteiger partial charge in [0, 0.05) is 17.8 Å². The summed E-state index contributed by atoms with van der Waals surface area (Å²) in [7, 11) is -3.80. The summed E-state index contributed by atoms with van der Waals surface area (Å²) in [5.74, 6) is -0.331.